The molecule has 3 fully saturated rings. The molecule has 1 saturated carbocycles. The first-order valence-corrected chi connectivity index (χ1v) is 15.6. The summed E-state index contributed by atoms with van der Waals surface area (Å²) in [5, 5.41) is 0. The van der Waals surface area contributed by atoms with Gasteiger partial charge in [-0.15, -0.1) is 0 Å². The van der Waals surface area contributed by atoms with E-state index in [1.807, 2.05) is 30.3 Å². The molecule has 3 aliphatic rings. The molecule has 2 aromatic rings. The monoisotopic (exact) mass is 588 g/mol. The molecule has 3 N–H and O–H groups in total. The van der Waals surface area contributed by atoms with Crippen molar-refractivity contribution in [1.82, 2.24) is 9.55 Å². The zero-order chi connectivity index (χ0) is 27.6. The number of aromatic nitrogens is 2. The standard InChI is InChI=1S/C23H30N2O12P2/c26-18-11-12-25(23(27)24-18)22-21-20(34-19(35-21)13-15-7-3-1-4-8-15)17(33-22)14-32-38(28,29)37-39(30,31)36-16-9-5-2-6-10-16/h1,3-4,7-8,11-12,16-17,19-22H,2,5-6,9-10,13-14H2,(H,28,29)(H,30,31)(H,24,26,27)/t17-,19?,20+,21?,22-/m1/s1. The van der Waals surface area contributed by atoms with Crippen molar-refractivity contribution in [3.63, 3.8) is 0 Å². The lowest BCUT2D eigenvalue weighted by Crippen LogP contribution is -2.36. The van der Waals surface area contributed by atoms with Gasteiger partial charge in [0.1, 0.15) is 18.3 Å². The van der Waals surface area contributed by atoms with E-state index in [-0.39, 0.29) is 0 Å². The average Bonchev–Trinajstić information content (AvgIpc) is 3.42. The number of aromatic amines is 1. The summed E-state index contributed by atoms with van der Waals surface area (Å²) in [5.41, 5.74) is -0.419. The van der Waals surface area contributed by atoms with Crippen LogP contribution in [0.3, 0.4) is 0 Å². The maximum Gasteiger partial charge on any atom is 0.481 e. The number of fused-ring (bicyclic) bond motifs is 1. The molecule has 0 radical (unpaired) electrons. The fourth-order valence-electron chi connectivity index (χ4n) is 4.99. The van der Waals surface area contributed by atoms with Crippen molar-refractivity contribution in [2.24, 2.45) is 0 Å². The molecule has 16 heteroatoms. The van der Waals surface area contributed by atoms with E-state index in [4.69, 9.17) is 23.3 Å². The number of rotatable bonds is 10. The Morgan fingerprint density at radius 1 is 0.949 bits per heavy atom. The summed E-state index contributed by atoms with van der Waals surface area (Å²) in [5.74, 6) is 0. The highest BCUT2D eigenvalue weighted by atomic mass is 31.3. The summed E-state index contributed by atoms with van der Waals surface area (Å²) in [7, 11) is -9.98. The number of nitrogens with one attached hydrogen (secondary N) is 1. The van der Waals surface area contributed by atoms with Crippen molar-refractivity contribution in [2.45, 2.75) is 75.5 Å². The maximum atomic E-state index is 12.5. The lowest BCUT2D eigenvalue weighted by atomic mass is 9.98. The second-order valence-corrected chi connectivity index (χ2v) is 12.6. The normalized spacial score (nSPS) is 30.5. The van der Waals surface area contributed by atoms with Crippen LogP contribution in [0.5, 0.6) is 0 Å². The third kappa shape index (κ3) is 7.22. The van der Waals surface area contributed by atoms with E-state index in [1.165, 1.54) is 6.20 Å². The lowest BCUT2D eigenvalue weighted by Gasteiger charge is -2.25. The van der Waals surface area contributed by atoms with Gasteiger partial charge < -0.3 is 24.0 Å². The van der Waals surface area contributed by atoms with Crippen LogP contribution in [0, 0.1) is 0 Å². The second kappa shape index (κ2) is 11.9. The number of phosphoric ester groups is 2. The topological polar surface area (TPSA) is 185 Å². The molecule has 7 atom stereocenters. The number of nitrogens with zero attached hydrogens (tertiary/aromatic N) is 1. The van der Waals surface area contributed by atoms with Crippen molar-refractivity contribution in [2.75, 3.05) is 6.61 Å². The SMILES string of the molecule is O=c1ccn([C@@H]2O[C@H](COP(=O)(O)OP(=O)(O)OC3CCCCC3)[C@@H]3OC(Cc4ccccc4)OC32)c(=O)[nH]1. The average molecular weight is 588 g/mol. The smallest absolute Gasteiger partial charge is 0.346 e. The van der Waals surface area contributed by atoms with Crippen molar-refractivity contribution < 1.29 is 46.5 Å². The molecule has 4 unspecified atom stereocenters. The van der Waals surface area contributed by atoms with Crippen LogP contribution < -0.4 is 11.2 Å². The minimum absolute atomic E-state index is 0.377. The molecule has 5 rings (SSSR count). The van der Waals surface area contributed by atoms with Gasteiger partial charge in [-0.3, -0.25) is 23.4 Å². The first-order chi connectivity index (χ1) is 18.6. The van der Waals surface area contributed by atoms with E-state index in [2.05, 4.69) is 9.29 Å². The second-order valence-electron chi connectivity index (χ2n) is 9.58. The van der Waals surface area contributed by atoms with E-state index in [0.717, 1.165) is 35.5 Å². The Morgan fingerprint density at radius 3 is 2.38 bits per heavy atom. The summed E-state index contributed by atoms with van der Waals surface area (Å²) in [6.07, 6.45) is 0.219. The van der Waals surface area contributed by atoms with E-state index in [0.29, 0.717) is 19.3 Å². The first-order valence-electron chi connectivity index (χ1n) is 12.6. The fourth-order valence-corrected chi connectivity index (χ4v) is 7.30. The molecule has 214 valence electrons. The van der Waals surface area contributed by atoms with Crippen LogP contribution in [0.1, 0.15) is 43.9 Å². The number of hydrogen-bond donors (Lipinski definition) is 3. The molecule has 2 aliphatic heterocycles. The molecular weight excluding hydrogens is 558 g/mol. The van der Waals surface area contributed by atoms with Gasteiger partial charge in [0.25, 0.3) is 5.56 Å². The number of hydrogen-bond acceptors (Lipinski definition) is 10. The van der Waals surface area contributed by atoms with E-state index < -0.39 is 70.4 Å². The van der Waals surface area contributed by atoms with Gasteiger partial charge in [0.15, 0.2) is 12.5 Å². The minimum Gasteiger partial charge on any atom is -0.346 e. The zero-order valence-corrected chi connectivity index (χ0v) is 22.6. The Morgan fingerprint density at radius 2 is 1.67 bits per heavy atom. The molecule has 0 spiro atoms. The van der Waals surface area contributed by atoms with Crippen molar-refractivity contribution in [1.29, 1.82) is 0 Å². The predicted octanol–water partition coefficient (Wildman–Crippen LogP) is 2.37. The van der Waals surface area contributed by atoms with Crippen LogP contribution in [0.25, 0.3) is 0 Å². The number of benzene rings is 1. The highest BCUT2D eigenvalue weighted by molar-refractivity contribution is 7.61. The number of ether oxygens (including phenoxy) is 3. The Hall–Kier alpha value is -1.96. The van der Waals surface area contributed by atoms with Gasteiger partial charge in [0, 0.05) is 18.7 Å². The molecule has 1 aromatic heterocycles. The van der Waals surface area contributed by atoms with Crippen LogP contribution in [0.15, 0.2) is 52.2 Å². The highest BCUT2D eigenvalue weighted by Crippen LogP contribution is 2.61. The highest BCUT2D eigenvalue weighted by Gasteiger charge is 2.54. The maximum absolute atomic E-state index is 12.5. The van der Waals surface area contributed by atoms with Crippen LogP contribution in [0.4, 0.5) is 0 Å². The first kappa shape index (κ1) is 28.6. The van der Waals surface area contributed by atoms with Crippen molar-refractivity contribution in [3.8, 4) is 0 Å². The van der Waals surface area contributed by atoms with Crippen molar-refractivity contribution >= 4 is 15.6 Å². The third-order valence-electron chi connectivity index (χ3n) is 6.72. The van der Waals surface area contributed by atoms with Gasteiger partial charge in [0.05, 0.1) is 12.7 Å². The third-order valence-corrected chi connectivity index (χ3v) is 9.41. The predicted molar refractivity (Wildman–Crippen MR) is 134 cm³/mol. The minimum atomic E-state index is -5.08. The van der Waals surface area contributed by atoms with Crippen LogP contribution >= 0.6 is 15.6 Å². The van der Waals surface area contributed by atoms with E-state index >= 15 is 0 Å². The number of H-pyrrole nitrogens is 1. The van der Waals surface area contributed by atoms with Crippen LogP contribution in [-0.2, 0) is 43.1 Å². The molecule has 39 heavy (non-hydrogen) atoms. The van der Waals surface area contributed by atoms with Gasteiger partial charge in [-0.2, -0.15) is 4.31 Å². The fraction of sp³-hybridized carbons (Fsp3) is 0.565. The van der Waals surface area contributed by atoms with Crippen molar-refractivity contribution in [3.05, 3.63) is 69.0 Å². The van der Waals surface area contributed by atoms with Gasteiger partial charge in [-0.05, 0) is 18.4 Å². The number of phosphoric acid groups is 2. The van der Waals surface area contributed by atoms with E-state index in [1.54, 1.807) is 0 Å². The van der Waals surface area contributed by atoms with Crippen LogP contribution in [-0.4, -0.2) is 56.7 Å². The molecule has 3 heterocycles. The molecule has 1 aromatic carbocycles. The lowest BCUT2D eigenvalue weighted by molar-refractivity contribution is -0.150. The zero-order valence-electron chi connectivity index (χ0n) is 20.8. The summed E-state index contributed by atoms with van der Waals surface area (Å²) >= 11 is 0. The molecule has 2 saturated heterocycles. The Balaban J connectivity index is 1.27. The molecule has 0 bridgehead atoms. The largest absolute Gasteiger partial charge is 0.481 e. The Bertz CT molecular complexity index is 1340. The quantitative estimate of drug-likeness (QED) is 0.345. The van der Waals surface area contributed by atoms with Crippen LogP contribution in [0.2, 0.25) is 0 Å². The van der Waals surface area contributed by atoms with Gasteiger partial charge >= 0.3 is 21.3 Å². The summed E-state index contributed by atoms with van der Waals surface area (Å²) < 4.78 is 58.5. The summed E-state index contributed by atoms with van der Waals surface area (Å²) in [6, 6.07) is 10.5. The summed E-state index contributed by atoms with van der Waals surface area (Å²) in [6.45, 7) is -0.603. The molecule has 0 amide bonds. The molecule has 1 aliphatic carbocycles. The Labute approximate surface area is 223 Å². The summed E-state index contributed by atoms with van der Waals surface area (Å²) in [4.78, 5) is 46.3. The molecule has 14 nitrogen and oxygen atoms in total. The Kier molecular flexibility index (Phi) is 8.70. The van der Waals surface area contributed by atoms with Gasteiger partial charge in [0.2, 0.25) is 0 Å². The van der Waals surface area contributed by atoms with Gasteiger partial charge in [-0.1, -0.05) is 49.6 Å². The molecular formula is C23H30N2O12P2. The van der Waals surface area contributed by atoms with Gasteiger partial charge in [-0.25, -0.2) is 13.9 Å². The van der Waals surface area contributed by atoms with E-state index in [9.17, 15) is 28.5 Å².